The van der Waals surface area contributed by atoms with Crippen molar-refractivity contribution in [3.05, 3.63) is 216 Å². The molecule has 8 aromatic carbocycles. The Hall–Kier alpha value is -7.01. The number of rotatable bonds is 4. The molecule has 10 aromatic rings. The normalized spacial score (nSPS) is 13.3. The maximum atomic E-state index is 6.96. The Morgan fingerprint density at radius 3 is 1.72 bits per heavy atom. The number of fused-ring (bicyclic) bond motifs is 12. The molecule has 2 aromatic heterocycles. The van der Waals surface area contributed by atoms with E-state index in [1.165, 1.54) is 43.2 Å². The maximum Gasteiger partial charge on any atom is 0.160 e. The number of hydrogen-bond acceptors (Lipinski definition) is 4. The van der Waals surface area contributed by atoms with E-state index in [9.17, 15) is 0 Å². The lowest BCUT2D eigenvalue weighted by Gasteiger charge is -2.39. The van der Waals surface area contributed by atoms with Crippen LogP contribution >= 0.6 is 11.8 Å². The summed E-state index contributed by atoms with van der Waals surface area (Å²) in [6.45, 7) is 0. The SMILES string of the molecule is c1ccc(-c2cc(-c3cccc(-c4cccc5c4oc4cc6c(cc45)C4(c5ccccc5Sc5ccccc54)c4ccccc4-6)c3)nc(-c3ccccc3)n2)cc1. The molecular weight excluding hydrogens is 713 g/mol. The van der Waals surface area contributed by atoms with E-state index in [1.54, 1.807) is 0 Å². The quantitative estimate of drug-likeness (QED) is 0.180. The molecule has 4 heteroatoms. The largest absolute Gasteiger partial charge is 0.455 e. The van der Waals surface area contributed by atoms with Crippen molar-refractivity contribution >= 4 is 33.7 Å². The summed E-state index contributed by atoms with van der Waals surface area (Å²) < 4.78 is 6.96. The molecule has 0 radical (unpaired) electrons. The van der Waals surface area contributed by atoms with Crippen LogP contribution < -0.4 is 0 Å². The molecule has 266 valence electrons. The monoisotopic (exact) mass is 744 g/mol. The van der Waals surface area contributed by atoms with Gasteiger partial charge in [-0.1, -0.05) is 169 Å². The Morgan fingerprint density at radius 2 is 0.965 bits per heavy atom. The average molecular weight is 745 g/mol. The van der Waals surface area contributed by atoms with Gasteiger partial charge in [-0.25, -0.2) is 9.97 Å². The number of aromatic nitrogens is 2. The molecule has 12 rings (SSSR count). The van der Waals surface area contributed by atoms with Crippen molar-refractivity contribution in [2.75, 3.05) is 0 Å². The number of para-hydroxylation sites is 1. The van der Waals surface area contributed by atoms with Crippen LogP contribution in [0.5, 0.6) is 0 Å². The van der Waals surface area contributed by atoms with E-state index in [4.69, 9.17) is 14.4 Å². The molecule has 0 saturated heterocycles. The van der Waals surface area contributed by atoms with Crippen LogP contribution in [0, 0.1) is 0 Å². The van der Waals surface area contributed by atoms with Crippen LogP contribution in [0.15, 0.2) is 208 Å². The summed E-state index contributed by atoms with van der Waals surface area (Å²) >= 11 is 1.87. The van der Waals surface area contributed by atoms with Gasteiger partial charge in [0.1, 0.15) is 11.2 Å². The van der Waals surface area contributed by atoms with Gasteiger partial charge in [0.2, 0.25) is 0 Å². The van der Waals surface area contributed by atoms with E-state index in [-0.39, 0.29) is 0 Å². The van der Waals surface area contributed by atoms with Gasteiger partial charge < -0.3 is 4.42 Å². The smallest absolute Gasteiger partial charge is 0.160 e. The van der Waals surface area contributed by atoms with Crippen molar-refractivity contribution in [2.45, 2.75) is 15.2 Å². The van der Waals surface area contributed by atoms with Crippen molar-refractivity contribution in [3.63, 3.8) is 0 Å². The number of hydrogen-bond donors (Lipinski definition) is 0. The minimum absolute atomic E-state index is 0.442. The Balaban J connectivity index is 1.05. The van der Waals surface area contributed by atoms with Gasteiger partial charge in [-0.3, -0.25) is 0 Å². The molecule has 3 heterocycles. The zero-order valence-electron chi connectivity index (χ0n) is 30.7. The summed E-state index contributed by atoms with van der Waals surface area (Å²) in [5.41, 5.74) is 16.0. The summed E-state index contributed by atoms with van der Waals surface area (Å²) in [6.07, 6.45) is 0. The molecule has 3 nitrogen and oxygen atoms in total. The molecule has 0 unspecified atom stereocenters. The first-order valence-corrected chi connectivity index (χ1v) is 20.1. The minimum Gasteiger partial charge on any atom is -0.455 e. The molecule has 1 aliphatic heterocycles. The van der Waals surface area contributed by atoms with Crippen LogP contribution in [0.3, 0.4) is 0 Å². The predicted octanol–water partition coefficient (Wildman–Crippen LogP) is 13.9. The highest BCUT2D eigenvalue weighted by Gasteiger charge is 2.50. The van der Waals surface area contributed by atoms with E-state index >= 15 is 0 Å². The van der Waals surface area contributed by atoms with Crippen LogP contribution in [0.25, 0.3) is 78.1 Å². The number of furan rings is 1. The van der Waals surface area contributed by atoms with Crippen LogP contribution in [-0.4, -0.2) is 9.97 Å². The van der Waals surface area contributed by atoms with Gasteiger partial charge in [0.05, 0.1) is 16.8 Å². The second-order valence-electron chi connectivity index (χ2n) is 14.8. The highest BCUT2D eigenvalue weighted by Crippen LogP contribution is 2.62. The van der Waals surface area contributed by atoms with Crippen LogP contribution in [0.1, 0.15) is 22.3 Å². The summed E-state index contributed by atoms with van der Waals surface area (Å²) in [5.74, 6) is 0.700. The second-order valence-corrected chi connectivity index (χ2v) is 15.9. The molecule has 0 bridgehead atoms. The predicted molar refractivity (Wildman–Crippen MR) is 232 cm³/mol. The molecule has 1 aliphatic carbocycles. The second kappa shape index (κ2) is 12.5. The fraction of sp³-hybridized carbons (Fsp3) is 0.0189. The lowest BCUT2D eigenvalue weighted by molar-refractivity contribution is 0.669. The van der Waals surface area contributed by atoms with Crippen LogP contribution in [-0.2, 0) is 5.41 Å². The summed E-state index contributed by atoms with van der Waals surface area (Å²) in [6, 6.07) is 69.4. The van der Waals surface area contributed by atoms with Gasteiger partial charge in [0.25, 0.3) is 0 Å². The van der Waals surface area contributed by atoms with Gasteiger partial charge >= 0.3 is 0 Å². The summed E-state index contributed by atoms with van der Waals surface area (Å²) in [4.78, 5) is 12.7. The van der Waals surface area contributed by atoms with Gasteiger partial charge in [-0.15, -0.1) is 0 Å². The maximum absolute atomic E-state index is 6.96. The van der Waals surface area contributed by atoms with E-state index in [1.807, 2.05) is 48.2 Å². The van der Waals surface area contributed by atoms with Gasteiger partial charge in [-0.2, -0.15) is 0 Å². The fourth-order valence-electron chi connectivity index (χ4n) is 9.28. The van der Waals surface area contributed by atoms with Gasteiger partial charge in [0, 0.05) is 42.8 Å². The highest BCUT2D eigenvalue weighted by molar-refractivity contribution is 7.99. The number of benzene rings is 8. The molecule has 0 N–H and O–H groups in total. The first-order chi connectivity index (χ1) is 28.2. The van der Waals surface area contributed by atoms with E-state index in [0.717, 1.165) is 61.1 Å². The van der Waals surface area contributed by atoms with Crippen molar-refractivity contribution in [2.24, 2.45) is 0 Å². The Labute approximate surface area is 334 Å². The van der Waals surface area contributed by atoms with E-state index in [0.29, 0.717) is 5.82 Å². The molecular formula is C53H32N2OS. The Morgan fingerprint density at radius 1 is 0.386 bits per heavy atom. The van der Waals surface area contributed by atoms with Gasteiger partial charge in [0.15, 0.2) is 5.82 Å². The van der Waals surface area contributed by atoms with E-state index in [2.05, 4.69) is 158 Å². The zero-order chi connectivity index (χ0) is 37.5. The fourth-order valence-corrected chi connectivity index (χ4v) is 10.5. The molecule has 57 heavy (non-hydrogen) atoms. The lowest BCUT2D eigenvalue weighted by atomic mass is 9.67. The summed E-state index contributed by atoms with van der Waals surface area (Å²) in [5, 5.41) is 2.23. The van der Waals surface area contributed by atoms with Crippen molar-refractivity contribution in [3.8, 4) is 56.2 Å². The molecule has 0 amide bonds. The Kier molecular flexibility index (Phi) is 7.08. The number of nitrogens with zero attached hydrogens (tertiary/aromatic N) is 2. The van der Waals surface area contributed by atoms with Crippen LogP contribution in [0.4, 0.5) is 0 Å². The third-order valence-electron chi connectivity index (χ3n) is 11.8. The third kappa shape index (κ3) is 4.81. The molecule has 1 spiro atoms. The first-order valence-electron chi connectivity index (χ1n) is 19.3. The highest BCUT2D eigenvalue weighted by atomic mass is 32.2. The minimum atomic E-state index is -0.442. The van der Waals surface area contributed by atoms with Crippen molar-refractivity contribution < 1.29 is 4.42 Å². The zero-order valence-corrected chi connectivity index (χ0v) is 31.5. The molecule has 2 aliphatic rings. The van der Waals surface area contributed by atoms with E-state index < -0.39 is 5.41 Å². The first kappa shape index (κ1) is 32.3. The molecule has 0 saturated carbocycles. The van der Waals surface area contributed by atoms with Gasteiger partial charge in [-0.05, 0) is 75.3 Å². The topological polar surface area (TPSA) is 38.9 Å². The third-order valence-corrected chi connectivity index (χ3v) is 12.9. The van der Waals surface area contributed by atoms with Crippen molar-refractivity contribution in [1.82, 2.24) is 9.97 Å². The summed E-state index contributed by atoms with van der Waals surface area (Å²) in [7, 11) is 0. The Bertz CT molecular complexity index is 3120. The molecule has 0 fully saturated rings. The molecule has 0 atom stereocenters. The standard InChI is InChI=1S/C53H32N2OS/c1-3-15-33(16-4-1)46-32-47(55-52(54-46)34-17-5-2-6-18-34)36-20-13-19-35(29-36)37-22-14-23-39-41-30-45-40(31-48(41)56-51(37)39)38-21-7-8-24-42(38)53(45)43-25-9-11-27-49(43)57-50-28-12-10-26-44(50)53/h1-32H. The van der Waals surface area contributed by atoms with Crippen molar-refractivity contribution in [1.29, 1.82) is 0 Å². The average Bonchev–Trinajstić information content (AvgIpc) is 3.79. The lowest BCUT2D eigenvalue weighted by Crippen LogP contribution is -2.31. The van der Waals surface area contributed by atoms with Crippen LogP contribution in [0.2, 0.25) is 0 Å².